The molecule has 0 aliphatic carbocycles. The van der Waals surface area contributed by atoms with Crippen LogP contribution in [0.2, 0.25) is 0 Å². The van der Waals surface area contributed by atoms with Crippen molar-refractivity contribution in [2.45, 2.75) is 11.4 Å². The van der Waals surface area contributed by atoms with Crippen LogP contribution in [0.5, 0.6) is 0 Å². The molecule has 8 heteroatoms. The van der Waals surface area contributed by atoms with Gasteiger partial charge in [0.2, 0.25) is 5.91 Å². The molecule has 94 valence electrons. The summed E-state index contributed by atoms with van der Waals surface area (Å²) in [7, 11) is -1.96. The van der Waals surface area contributed by atoms with Crippen molar-refractivity contribution in [2.75, 3.05) is 26.7 Å². The quantitative estimate of drug-likeness (QED) is 0.757. The van der Waals surface area contributed by atoms with Gasteiger partial charge in [0, 0.05) is 20.1 Å². The molecule has 0 unspecified atom stereocenters. The van der Waals surface area contributed by atoms with Crippen LogP contribution in [0.4, 0.5) is 0 Å². The molecular weight excluding hydrogens is 244 g/mol. The molecule has 1 fully saturated rings. The number of nitrogens with one attached hydrogen (secondary N) is 1. The zero-order valence-electron chi connectivity index (χ0n) is 9.46. The van der Waals surface area contributed by atoms with E-state index in [9.17, 15) is 13.2 Å². The highest BCUT2D eigenvalue weighted by molar-refractivity contribution is 7.89. The van der Waals surface area contributed by atoms with Crippen molar-refractivity contribution in [3.05, 3.63) is 12.3 Å². The molecule has 1 amide bonds. The molecule has 1 saturated heterocycles. The second-order valence-electron chi connectivity index (χ2n) is 3.93. The maximum Gasteiger partial charge on any atom is 0.260 e. The first-order chi connectivity index (χ1) is 8.01. The van der Waals surface area contributed by atoms with E-state index < -0.39 is 10.0 Å². The lowest BCUT2D eigenvalue weighted by atomic mass is 10.4. The number of sulfonamides is 1. The molecule has 0 bridgehead atoms. The number of aromatic amines is 1. The topological polar surface area (TPSA) is 86.4 Å². The minimum atomic E-state index is -3.63. The molecule has 17 heavy (non-hydrogen) atoms. The predicted molar refractivity (Wildman–Crippen MR) is 59.6 cm³/mol. The summed E-state index contributed by atoms with van der Waals surface area (Å²) in [4.78, 5) is 13.2. The van der Waals surface area contributed by atoms with Crippen LogP contribution in [0.25, 0.3) is 0 Å². The normalized spacial score (nSPS) is 19.4. The second-order valence-corrected chi connectivity index (χ2v) is 5.83. The number of carbonyl (C=O) groups is 1. The molecule has 1 aliphatic rings. The molecule has 0 spiro atoms. The highest BCUT2D eigenvalue weighted by Crippen LogP contribution is 2.15. The Morgan fingerprint density at radius 3 is 2.82 bits per heavy atom. The average Bonchev–Trinajstić information content (AvgIpc) is 2.75. The molecule has 2 rings (SSSR count). The van der Waals surface area contributed by atoms with Crippen LogP contribution >= 0.6 is 0 Å². The second kappa shape index (κ2) is 4.46. The minimum absolute atomic E-state index is 0.0230. The van der Waals surface area contributed by atoms with Gasteiger partial charge in [0.15, 0.2) is 5.03 Å². The number of amides is 1. The van der Waals surface area contributed by atoms with Crippen LogP contribution in [-0.4, -0.2) is 60.4 Å². The third kappa shape index (κ3) is 2.32. The first-order valence-electron chi connectivity index (χ1n) is 5.25. The third-order valence-electron chi connectivity index (χ3n) is 2.73. The van der Waals surface area contributed by atoms with Gasteiger partial charge in [0.25, 0.3) is 10.0 Å². The Kier molecular flexibility index (Phi) is 3.16. The van der Waals surface area contributed by atoms with E-state index in [0.717, 1.165) is 0 Å². The number of hydrogen-bond donors (Lipinski definition) is 1. The molecule has 0 saturated carbocycles. The molecule has 0 radical (unpaired) electrons. The lowest BCUT2D eigenvalue weighted by Gasteiger charge is -2.18. The highest BCUT2D eigenvalue weighted by atomic mass is 32.2. The number of aromatic nitrogens is 2. The van der Waals surface area contributed by atoms with E-state index in [-0.39, 0.29) is 17.5 Å². The Morgan fingerprint density at radius 1 is 1.41 bits per heavy atom. The lowest BCUT2D eigenvalue weighted by molar-refractivity contribution is -0.129. The van der Waals surface area contributed by atoms with Crippen LogP contribution in [0.15, 0.2) is 17.3 Å². The van der Waals surface area contributed by atoms with Crippen LogP contribution in [-0.2, 0) is 14.8 Å². The first kappa shape index (κ1) is 12.1. The standard InChI is InChI=1S/C9H14N4O3S/c1-12-5-2-6-13(7-9(12)14)17(15,16)8-3-4-10-11-8/h3-4H,2,5-7H2,1H3,(H,10,11). The third-order valence-corrected chi connectivity index (χ3v) is 4.51. The van der Waals surface area contributed by atoms with Gasteiger partial charge in [-0.3, -0.25) is 9.89 Å². The summed E-state index contributed by atoms with van der Waals surface area (Å²) in [6.45, 7) is 0.809. The average molecular weight is 258 g/mol. The summed E-state index contributed by atoms with van der Waals surface area (Å²) < 4.78 is 25.5. The monoisotopic (exact) mass is 258 g/mol. The van der Waals surface area contributed by atoms with Crippen molar-refractivity contribution in [1.29, 1.82) is 0 Å². The Morgan fingerprint density at radius 2 is 2.18 bits per heavy atom. The molecule has 1 N–H and O–H groups in total. The summed E-state index contributed by atoms with van der Waals surface area (Å²) in [5.41, 5.74) is 0. The van der Waals surface area contributed by atoms with Gasteiger partial charge in [-0.25, -0.2) is 8.42 Å². The number of carbonyl (C=O) groups excluding carboxylic acids is 1. The van der Waals surface area contributed by atoms with Gasteiger partial charge in [-0.15, -0.1) is 0 Å². The number of likely N-dealkylation sites (N-methyl/N-ethyl adjacent to an activating group) is 1. The molecular formula is C9H14N4O3S. The Balaban J connectivity index is 2.25. The van der Waals surface area contributed by atoms with E-state index in [1.807, 2.05) is 0 Å². The van der Waals surface area contributed by atoms with Gasteiger partial charge >= 0.3 is 0 Å². The first-order valence-corrected chi connectivity index (χ1v) is 6.69. The molecule has 1 aromatic rings. The van der Waals surface area contributed by atoms with Gasteiger partial charge in [0.05, 0.1) is 12.7 Å². The molecule has 2 heterocycles. The fourth-order valence-electron chi connectivity index (χ4n) is 1.69. The summed E-state index contributed by atoms with van der Waals surface area (Å²) >= 11 is 0. The zero-order valence-corrected chi connectivity index (χ0v) is 10.3. The van der Waals surface area contributed by atoms with Gasteiger partial charge in [-0.2, -0.15) is 9.40 Å². The van der Waals surface area contributed by atoms with Crippen molar-refractivity contribution in [1.82, 2.24) is 19.4 Å². The van der Waals surface area contributed by atoms with E-state index in [4.69, 9.17) is 0 Å². The van der Waals surface area contributed by atoms with Gasteiger partial charge < -0.3 is 4.90 Å². The molecule has 0 atom stereocenters. The fraction of sp³-hybridized carbons (Fsp3) is 0.556. The lowest BCUT2D eigenvalue weighted by Crippen LogP contribution is -2.38. The van der Waals surface area contributed by atoms with E-state index >= 15 is 0 Å². The molecule has 1 aliphatic heterocycles. The summed E-state index contributed by atoms with van der Waals surface area (Å²) in [6.07, 6.45) is 2.01. The summed E-state index contributed by atoms with van der Waals surface area (Å²) in [5.74, 6) is -0.189. The number of hydrogen-bond acceptors (Lipinski definition) is 4. The van der Waals surface area contributed by atoms with Crippen molar-refractivity contribution in [3.63, 3.8) is 0 Å². The van der Waals surface area contributed by atoms with E-state index in [1.54, 1.807) is 11.9 Å². The van der Waals surface area contributed by atoms with Gasteiger partial charge in [-0.05, 0) is 12.5 Å². The Labute approximate surface area is 99.5 Å². The van der Waals surface area contributed by atoms with E-state index in [2.05, 4.69) is 10.2 Å². The molecule has 1 aromatic heterocycles. The van der Waals surface area contributed by atoms with E-state index in [1.165, 1.54) is 16.6 Å². The van der Waals surface area contributed by atoms with Crippen LogP contribution in [0.3, 0.4) is 0 Å². The molecule has 7 nitrogen and oxygen atoms in total. The maximum atomic E-state index is 12.1. The smallest absolute Gasteiger partial charge is 0.260 e. The van der Waals surface area contributed by atoms with Crippen LogP contribution in [0.1, 0.15) is 6.42 Å². The van der Waals surface area contributed by atoms with Crippen molar-refractivity contribution in [2.24, 2.45) is 0 Å². The van der Waals surface area contributed by atoms with Crippen molar-refractivity contribution in [3.8, 4) is 0 Å². The summed E-state index contributed by atoms with van der Waals surface area (Å²) in [6, 6.07) is 1.38. The van der Waals surface area contributed by atoms with Crippen LogP contribution in [0, 0.1) is 0 Å². The highest BCUT2D eigenvalue weighted by Gasteiger charge is 2.30. The Hall–Kier alpha value is -1.41. The molecule has 0 aromatic carbocycles. The zero-order chi connectivity index (χ0) is 12.5. The predicted octanol–water partition coefficient (Wildman–Crippen LogP) is -0.738. The number of H-pyrrole nitrogens is 1. The number of rotatable bonds is 2. The SMILES string of the molecule is CN1CCCN(S(=O)(=O)c2ccn[nH]2)CC1=O. The largest absolute Gasteiger partial charge is 0.345 e. The van der Waals surface area contributed by atoms with Crippen molar-refractivity contribution < 1.29 is 13.2 Å². The fourth-order valence-corrected chi connectivity index (χ4v) is 3.02. The number of nitrogens with zero attached hydrogens (tertiary/aromatic N) is 3. The van der Waals surface area contributed by atoms with E-state index in [0.29, 0.717) is 19.5 Å². The van der Waals surface area contributed by atoms with Gasteiger partial charge in [-0.1, -0.05) is 0 Å². The van der Waals surface area contributed by atoms with Gasteiger partial charge in [0.1, 0.15) is 0 Å². The maximum absolute atomic E-state index is 12.1. The minimum Gasteiger partial charge on any atom is -0.345 e. The van der Waals surface area contributed by atoms with Crippen LogP contribution < -0.4 is 0 Å². The van der Waals surface area contributed by atoms with Crippen molar-refractivity contribution >= 4 is 15.9 Å². The summed E-state index contributed by atoms with van der Waals surface area (Å²) in [5, 5.41) is 6.05. The Bertz CT molecular complexity index is 496.